The van der Waals surface area contributed by atoms with E-state index in [2.05, 4.69) is 10.3 Å². The van der Waals surface area contributed by atoms with Crippen LogP contribution in [0.1, 0.15) is 20.3 Å². The van der Waals surface area contributed by atoms with Gasteiger partial charge in [0.25, 0.3) is 5.56 Å². The van der Waals surface area contributed by atoms with Gasteiger partial charge < -0.3 is 19.7 Å². The highest BCUT2D eigenvalue weighted by molar-refractivity contribution is 5.31. The Morgan fingerprint density at radius 1 is 1.72 bits per heavy atom. The molecule has 2 heterocycles. The molecule has 1 aromatic heterocycles. The van der Waals surface area contributed by atoms with Gasteiger partial charge in [0.2, 0.25) is 0 Å². The number of anilines is 1. The Morgan fingerprint density at radius 2 is 2.50 bits per heavy atom. The minimum Gasteiger partial charge on any atom is -0.385 e. The molecule has 2 unspecified atom stereocenters. The second-order valence-corrected chi connectivity index (χ2v) is 4.59. The fourth-order valence-corrected chi connectivity index (χ4v) is 2.06. The van der Waals surface area contributed by atoms with Crippen LogP contribution >= 0.6 is 0 Å². The van der Waals surface area contributed by atoms with Gasteiger partial charge in [0, 0.05) is 38.5 Å². The van der Waals surface area contributed by atoms with E-state index in [-0.39, 0.29) is 24.0 Å². The Bertz CT molecular complexity index is 474. The molecule has 1 fully saturated rings. The standard InChI is InChI=1S/C12H19N3O3/c1-3-15-6-5-13-10(11(15)16)14-8-12(17)4-7-18-9(12)2/h5-6,9,17H,3-4,7-8H2,1-2H3,(H,13,14). The minimum absolute atomic E-state index is 0.171. The van der Waals surface area contributed by atoms with Crippen LogP contribution in [0.4, 0.5) is 5.82 Å². The van der Waals surface area contributed by atoms with Gasteiger partial charge in [-0.05, 0) is 13.8 Å². The molecule has 6 nitrogen and oxygen atoms in total. The van der Waals surface area contributed by atoms with Crippen molar-refractivity contribution in [2.45, 2.75) is 38.5 Å². The highest BCUT2D eigenvalue weighted by Crippen LogP contribution is 2.25. The summed E-state index contributed by atoms with van der Waals surface area (Å²) >= 11 is 0. The summed E-state index contributed by atoms with van der Waals surface area (Å²) in [4.78, 5) is 15.9. The van der Waals surface area contributed by atoms with Gasteiger partial charge in [0.1, 0.15) is 5.60 Å². The number of aryl methyl sites for hydroxylation is 1. The van der Waals surface area contributed by atoms with E-state index in [0.29, 0.717) is 19.6 Å². The maximum atomic E-state index is 11.9. The first kappa shape index (κ1) is 13.0. The molecule has 2 rings (SSSR count). The van der Waals surface area contributed by atoms with Crippen molar-refractivity contribution in [3.63, 3.8) is 0 Å². The number of hydrogen-bond donors (Lipinski definition) is 2. The van der Waals surface area contributed by atoms with Gasteiger partial charge >= 0.3 is 0 Å². The van der Waals surface area contributed by atoms with Gasteiger partial charge in [-0.1, -0.05) is 0 Å². The summed E-state index contributed by atoms with van der Waals surface area (Å²) in [7, 11) is 0. The van der Waals surface area contributed by atoms with Crippen LogP contribution in [0.25, 0.3) is 0 Å². The monoisotopic (exact) mass is 253 g/mol. The zero-order valence-corrected chi connectivity index (χ0v) is 10.7. The lowest BCUT2D eigenvalue weighted by Crippen LogP contribution is -2.44. The first-order valence-electron chi connectivity index (χ1n) is 6.20. The van der Waals surface area contributed by atoms with E-state index in [9.17, 15) is 9.90 Å². The lowest BCUT2D eigenvalue weighted by atomic mass is 9.97. The van der Waals surface area contributed by atoms with E-state index in [1.165, 1.54) is 0 Å². The Labute approximate surface area is 106 Å². The Balaban J connectivity index is 2.09. The number of hydrogen-bond acceptors (Lipinski definition) is 5. The van der Waals surface area contributed by atoms with Crippen LogP contribution in [0.15, 0.2) is 17.2 Å². The molecule has 2 atom stereocenters. The summed E-state index contributed by atoms with van der Waals surface area (Å²) in [6, 6.07) is 0. The summed E-state index contributed by atoms with van der Waals surface area (Å²) in [5.74, 6) is 0.270. The Morgan fingerprint density at radius 3 is 3.11 bits per heavy atom. The molecule has 0 amide bonds. The molecule has 0 spiro atoms. The van der Waals surface area contributed by atoms with Gasteiger partial charge in [0.15, 0.2) is 5.82 Å². The quantitative estimate of drug-likeness (QED) is 0.802. The number of aliphatic hydroxyl groups is 1. The predicted molar refractivity (Wildman–Crippen MR) is 67.6 cm³/mol. The van der Waals surface area contributed by atoms with Gasteiger partial charge in [-0.2, -0.15) is 0 Å². The third kappa shape index (κ3) is 2.39. The topological polar surface area (TPSA) is 76.4 Å². The molecule has 0 aliphatic carbocycles. The molecule has 0 bridgehead atoms. The molecule has 0 aromatic carbocycles. The van der Waals surface area contributed by atoms with Crippen LogP contribution in [-0.2, 0) is 11.3 Å². The Hall–Kier alpha value is -1.40. The molecule has 2 N–H and O–H groups in total. The van der Waals surface area contributed by atoms with Gasteiger partial charge in [-0.15, -0.1) is 0 Å². The van der Waals surface area contributed by atoms with Gasteiger partial charge in [0.05, 0.1) is 6.10 Å². The molecule has 1 aromatic rings. The predicted octanol–water partition coefficient (Wildman–Crippen LogP) is 0.215. The van der Waals surface area contributed by atoms with Crippen molar-refractivity contribution in [2.75, 3.05) is 18.5 Å². The normalized spacial score (nSPS) is 27.4. The number of ether oxygens (including phenoxy) is 1. The fraction of sp³-hybridized carbons (Fsp3) is 0.667. The average molecular weight is 253 g/mol. The summed E-state index contributed by atoms with van der Waals surface area (Å²) in [5.41, 5.74) is -1.10. The highest BCUT2D eigenvalue weighted by atomic mass is 16.5. The second kappa shape index (κ2) is 5.07. The van der Waals surface area contributed by atoms with Crippen LogP contribution < -0.4 is 10.9 Å². The summed E-state index contributed by atoms with van der Waals surface area (Å²) in [6.07, 6.45) is 3.55. The van der Waals surface area contributed by atoms with E-state index in [4.69, 9.17) is 4.74 Å². The van der Waals surface area contributed by atoms with Crippen LogP contribution in [0.2, 0.25) is 0 Å². The first-order chi connectivity index (χ1) is 8.57. The molecular formula is C12H19N3O3. The number of nitrogens with zero attached hydrogens (tertiary/aromatic N) is 2. The SMILES string of the molecule is CCn1ccnc(NCC2(O)CCOC2C)c1=O. The third-order valence-electron chi connectivity index (χ3n) is 3.48. The zero-order chi connectivity index (χ0) is 13.2. The van der Waals surface area contributed by atoms with Crippen molar-refractivity contribution in [1.82, 2.24) is 9.55 Å². The summed E-state index contributed by atoms with van der Waals surface area (Å²) in [5, 5.41) is 13.2. The second-order valence-electron chi connectivity index (χ2n) is 4.59. The third-order valence-corrected chi connectivity index (χ3v) is 3.48. The largest absolute Gasteiger partial charge is 0.385 e. The van der Waals surface area contributed by atoms with E-state index in [1.807, 2.05) is 13.8 Å². The van der Waals surface area contributed by atoms with Crippen LogP contribution in [0.3, 0.4) is 0 Å². The molecule has 100 valence electrons. The maximum Gasteiger partial charge on any atom is 0.293 e. The number of aromatic nitrogens is 2. The van der Waals surface area contributed by atoms with E-state index < -0.39 is 5.60 Å². The van der Waals surface area contributed by atoms with Gasteiger partial charge in [-0.25, -0.2) is 4.98 Å². The number of nitrogens with one attached hydrogen (secondary N) is 1. The first-order valence-corrected chi connectivity index (χ1v) is 6.20. The lowest BCUT2D eigenvalue weighted by molar-refractivity contribution is -0.0176. The summed E-state index contributed by atoms with van der Waals surface area (Å²) in [6.45, 7) is 5.13. The molecule has 0 saturated carbocycles. The summed E-state index contributed by atoms with van der Waals surface area (Å²) < 4.78 is 6.90. The van der Waals surface area contributed by atoms with Crippen molar-refractivity contribution in [3.05, 3.63) is 22.7 Å². The van der Waals surface area contributed by atoms with Crippen LogP contribution in [-0.4, -0.2) is 39.5 Å². The molecule has 1 aliphatic rings. The fourth-order valence-electron chi connectivity index (χ4n) is 2.06. The molecule has 0 radical (unpaired) electrons. The average Bonchev–Trinajstić information content (AvgIpc) is 2.69. The molecule has 1 aliphatic heterocycles. The van der Waals surface area contributed by atoms with Crippen molar-refractivity contribution in [2.24, 2.45) is 0 Å². The molecule has 1 saturated heterocycles. The van der Waals surface area contributed by atoms with E-state index in [1.54, 1.807) is 17.0 Å². The van der Waals surface area contributed by atoms with Crippen molar-refractivity contribution < 1.29 is 9.84 Å². The van der Waals surface area contributed by atoms with Crippen molar-refractivity contribution in [1.29, 1.82) is 0 Å². The van der Waals surface area contributed by atoms with Crippen molar-refractivity contribution in [3.8, 4) is 0 Å². The minimum atomic E-state index is -0.930. The van der Waals surface area contributed by atoms with Crippen LogP contribution in [0, 0.1) is 0 Å². The van der Waals surface area contributed by atoms with Gasteiger partial charge in [-0.3, -0.25) is 4.79 Å². The zero-order valence-electron chi connectivity index (χ0n) is 10.7. The van der Waals surface area contributed by atoms with E-state index in [0.717, 1.165) is 0 Å². The Kier molecular flexibility index (Phi) is 3.68. The van der Waals surface area contributed by atoms with E-state index >= 15 is 0 Å². The number of rotatable bonds is 4. The molecule has 18 heavy (non-hydrogen) atoms. The molecule has 6 heteroatoms. The molecular weight excluding hydrogens is 234 g/mol. The smallest absolute Gasteiger partial charge is 0.293 e. The van der Waals surface area contributed by atoms with Crippen LogP contribution in [0.5, 0.6) is 0 Å². The maximum absolute atomic E-state index is 11.9. The highest BCUT2D eigenvalue weighted by Gasteiger charge is 2.39. The lowest BCUT2D eigenvalue weighted by Gasteiger charge is -2.26. The van der Waals surface area contributed by atoms with Crippen molar-refractivity contribution >= 4 is 5.82 Å².